The fraction of sp³-hybridized carbons (Fsp3) is 0.300. The van der Waals surface area contributed by atoms with Crippen molar-refractivity contribution in [1.82, 2.24) is 0 Å². The summed E-state index contributed by atoms with van der Waals surface area (Å²) in [4.78, 5) is 4.07. The second-order valence-electron chi connectivity index (χ2n) is 2.85. The maximum Gasteiger partial charge on any atom is 0.0870 e. The van der Waals surface area contributed by atoms with Gasteiger partial charge < -0.3 is 5.11 Å². The van der Waals surface area contributed by atoms with Crippen molar-refractivity contribution in [2.45, 2.75) is 6.10 Å². The van der Waals surface area contributed by atoms with Gasteiger partial charge in [-0.15, -0.1) is 11.6 Å². The lowest BCUT2D eigenvalue weighted by atomic mass is 10.2. The van der Waals surface area contributed by atoms with Gasteiger partial charge in [0.2, 0.25) is 0 Å². The van der Waals surface area contributed by atoms with Gasteiger partial charge >= 0.3 is 0 Å². The molecule has 0 bridgehead atoms. The van der Waals surface area contributed by atoms with E-state index in [1.807, 2.05) is 24.3 Å². The maximum atomic E-state index is 9.13. The highest BCUT2D eigenvalue weighted by Gasteiger charge is 1.97. The minimum absolute atomic E-state index is 0.220. The van der Waals surface area contributed by atoms with E-state index in [9.17, 15) is 0 Å². The van der Waals surface area contributed by atoms with Crippen molar-refractivity contribution in [3.8, 4) is 0 Å². The predicted molar refractivity (Wildman–Crippen MR) is 63.3 cm³/mol. The van der Waals surface area contributed by atoms with E-state index in [0.717, 1.165) is 10.0 Å². The number of nitrogens with zero attached hydrogens (tertiary/aromatic N) is 1. The van der Waals surface area contributed by atoms with Crippen molar-refractivity contribution in [2.75, 3.05) is 12.4 Å². The normalized spacial score (nSPS) is 13.4. The van der Waals surface area contributed by atoms with Crippen LogP contribution in [0.25, 0.3) is 0 Å². The highest BCUT2D eigenvalue weighted by molar-refractivity contribution is 9.10. The summed E-state index contributed by atoms with van der Waals surface area (Å²) in [6, 6.07) is 7.78. The molecule has 0 aliphatic heterocycles. The second-order valence-corrected chi connectivity index (χ2v) is 4.08. The molecule has 0 radical (unpaired) electrons. The molecule has 0 saturated heterocycles. The monoisotopic (exact) mass is 275 g/mol. The fourth-order valence-electron chi connectivity index (χ4n) is 0.877. The highest BCUT2D eigenvalue weighted by Crippen LogP contribution is 2.09. The van der Waals surface area contributed by atoms with Gasteiger partial charge in [-0.25, -0.2) is 0 Å². The Labute approximate surface area is 96.8 Å². The van der Waals surface area contributed by atoms with Crippen molar-refractivity contribution in [1.29, 1.82) is 0 Å². The third kappa shape index (κ3) is 4.22. The van der Waals surface area contributed by atoms with E-state index in [2.05, 4.69) is 20.9 Å². The number of hydrogen-bond acceptors (Lipinski definition) is 2. The van der Waals surface area contributed by atoms with Crippen LogP contribution in [0.1, 0.15) is 5.56 Å². The first-order valence-electron chi connectivity index (χ1n) is 4.22. The minimum Gasteiger partial charge on any atom is -0.390 e. The zero-order valence-electron chi connectivity index (χ0n) is 7.53. The fourth-order valence-corrected chi connectivity index (χ4v) is 1.24. The van der Waals surface area contributed by atoms with Gasteiger partial charge in [0.1, 0.15) is 0 Å². The summed E-state index contributed by atoms with van der Waals surface area (Å²) in [5.74, 6) is 0.220. The van der Waals surface area contributed by atoms with Crippen LogP contribution < -0.4 is 0 Å². The van der Waals surface area contributed by atoms with Gasteiger partial charge in [0, 0.05) is 10.7 Å². The highest BCUT2D eigenvalue weighted by atomic mass is 79.9. The molecule has 1 aromatic rings. The first-order chi connectivity index (χ1) is 6.72. The van der Waals surface area contributed by atoms with Gasteiger partial charge in [-0.3, -0.25) is 4.99 Å². The van der Waals surface area contributed by atoms with Crippen LogP contribution in [-0.4, -0.2) is 29.8 Å². The SMILES string of the molecule is O[C@@H](CCl)CN=Cc1ccc(Br)cc1. The summed E-state index contributed by atoms with van der Waals surface area (Å²) in [7, 11) is 0. The molecule has 0 heterocycles. The Bertz CT molecular complexity index is 299. The lowest BCUT2D eigenvalue weighted by Crippen LogP contribution is -2.12. The van der Waals surface area contributed by atoms with Crippen LogP contribution in [0.4, 0.5) is 0 Å². The summed E-state index contributed by atoms with van der Waals surface area (Å²) in [5.41, 5.74) is 1.01. The summed E-state index contributed by atoms with van der Waals surface area (Å²) >= 11 is 8.77. The van der Waals surface area contributed by atoms with Crippen LogP contribution >= 0.6 is 27.5 Å². The summed E-state index contributed by atoms with van der Waals surface area (Å²) in [5, 5.41) is 9.13. The maximum absolute atomic E-state index is 9.13. The molecule has 76 valence electrons. The Morgan fingerprint density at radius 3 is 2.64 bits per heavy atom. The molecule has 0 unspecified atom stereocenters. The molecule has 0 spiro atoms. The van der Waals surface area contributed by atoms with Crippen molar-refractivity contribution >= 4 is 33.7 Å². The third-order valence-electron chi connectivity index (χ3n) is 1.60. The Kier molecular flexibility index (Phi) is 5.15. The van der Waals surface area contributed by atoms with Crippen molar-refractivity contribution in [3.63, 3.8) is 0 Å². The number of aliphatic imine (C=N–C) groups is 1. The summed E-state index contributed by atoms with van der Waals surface area (Å²) < 4.78 is 1.04. The van der Waals surface area contributed by atoms with E-state index in [-0.39, 0.29) is 5.88 Å². The van der Waals surface area contributed by atoms with Crippen LogP contribution in [0.5, 0.6) is 0 Å². The Hall–Kier alpha value is -0.380. The molecule has 2 nitrogen and oxygen atoms in total. The number of alkyl halides is 1. The molecular formula is C10H11BrClNO. The van der Waals surface area contributed by atoms with Gasteiger partial charge in [0.25, 0.3) is 0 Å². The molecule has 0 aliphatic rings. The summed E-state index contributed by atoms with van der Waals surface area (Å²) in [6.07, 6.45) is 1.17. The van der Waals surface area contributed by atoms with Crippen LogP contribution in [0.2, 0.25) is 0 Å². The Morgan fingerprint density at radius 2 is 2.07 bits per heavy atom. The molecule has 0 aromatic heterocycles. The molecular weight excluding hydrogens is 265 g/mol. The van der Waals surface area contributed by atoms with E-state index in [1.54, 1.807) is 6.21 Å². The van der Waals surface area contributed by atoms with Crippen LogP contribution in [0.3, 0.4) is 0 Å². The van der Waals surface area contributed by atoms with Crippen molar-refractivity contribution < 1.29 is 5.11 Å². The Morgan fingerprint density at radius 1 is 1.43 bits per heavy atom. The van der Waals surface area contributed by atoms with Crippen molar-refractivity contribution in [3.05, 3.63) is 34.3 Å². The van der Waals surface area contributed by atoms with Crippen LogP contribution in [0, 0.1) is 0 Å². The molecule has 1 N–H and O–H groups in total. The molecule has 1 rings (SSSR count). The minimum atomic E-state index is -0.552. The van der Waals surface area contributed by atoms with Crippen LogP contribution in [-0.2, 0) is 0 Å². The van der Waals surface area contributed by atoms with E-state index < -0.39 is 6.10 Å². The third-order valence-corrected chi connectivity index (χ3v) is 2.49. The molecule has 1 atom stereocenters. The average molecular weight is 277 g/mol. The van der Waals surface area contributed by atoms with E-state index in [4.69, 9.17) is 16.7 Å². The van der Waals surface area contributed by atoms with Gasteiger partial charge in [-0.05, 0) is 17.7 Å². The Balaban J connectivity index is 2.48. The number of halogens is 2. The van der Waals surface area contributed by atoms with Gasteiger partial charge in [-0.2, -0.15) is 0 Å². The number of benzene rings is 1. The number of aliphatic hydroxyl groups excluding tert-OH is 1. The molecule has 0 aliphatic carbocycles. The standard InChI is InChI=1S/C10H11BrClNO/c11-9-3-1-8(2-4-9)6-13-7-10(14)5-12/h1-4,6,10,14H,5,7H2/t10-/m0/s1. The summed E-state index contributed by atoms with van der Waals surface area (Å²) in [6.45, 7) is 0.347. The van der Waals surface area contributed by atoms with E-state index >= 15 is 0 Å². The molecule has 0 saturated carbocycles. The van der Waals surface area contributed by atoms with Crippen molar-refractivity contribution in [2.24, 2.45) is 4.99 Å². The predicted octanol–water partition coefficient (Wildman–Crippen LogP) is 2.47. The number of aliphatic hydroxyl groups is 1. The number of hydrogen-bond donors (Lipinski definition) is 1. The largest absolute Gasteiger partial charge is 0.390 e. The average Bonchev–Trinajstić information content (AvgIpc) is 2.21. The molecule has 1 aromatic carbocycles. The smallest absolute Gasteiger partial charge is 0.0870 e. The van der Waals surface area contributed by atoms with E-state index in [1.165, 1.54) is 0 Å². The van der Waals surface area contributed by atoms with Crippen LogP contribution in [0.15, 0.2) is 33.7 Å². The van der Waals surface area contributed by atoms with Gasteiger partial charge in [-0.1, -0.05) is 28.1 Å². The van der Waals surface area contributed by atoms with Gasteiger partial charge in [0.15, 0.2) is 0 Å². The quantitative estimate of drug-likeness (QED) is 0.665. The van der Waals surface area contributed by atoms with Gasteiger partial charge in [0.05, 0.1) is 18.5 Å². The zero-order valence-corrected chi connectivity index (χ0v) is 9.87. The topological polar surface area (TPSA) is 32.6 Å². The lowest BCUT2D eigenvalue weighted by Gasteiger charge is -2.00. The molecule has 4 heteroatoms. The number of rotatable bonds is 4. The molecule has 0 amide bonds. The second kappa shape index (κ2) is 6.17. The first kappa shape index (κ1) is 11.7. The molecule has 14 heavy (non-hydrogen) atoms. The van der Waals surface area contributed by atoms with E-state index in [0.29, 0.717) is 6.54 Å². The molecule has 0 fully saturated rings. The lowest BCUT2D eigenvalue weighted by molar-refractivity contribution is 0.207. The first-order valence-corrected chi connectivity index (χ1v) is 5.54. The zero-order chi connectivity index (χ0) is 10.4.